The monoisotopic (exact) mass is 423 g/mol. The maximum Gasteiger partial charge on any atom is 0.317 e. The first-order valence-electron chi connectivity index (χ1n) is 9.29. The van der Waals surface area contributed by atoms with E-state index in [0.717, 1.165) is 54.1 Å². The maximum atomic E-state index is 12.5. The fourth-order valence-corrected chi connectivity index (χ4v) is 4.39. The summed E-state index contributed by atoms with van der Waals surface area (Å²) in [6, 6.07) is 9.68. The third-order valence-corrected chi connectivity index (χ3v) is 6.04. The number of carbonyl (C=O) groups excluding carboxylic acids is 1. The summed E-state index contributed by atoms with van der Waals surface area (Å²) in [5, 5.41) is 3.01. The number of benzene rings is 1. The van der Waals surface area contributed by atoms with Crippen LogP contribution in [-0.2, 0) is 13.0 Å². The third-order valence-electron chi connectivity index (χ3n) is 4.83. The van der Waals surface area contributed by atoms with Crippen molar-refractivity contribution in [3.05, 3.63) is 45.1 Å². The number of rotatable bonds is 7. The van der Waals surface area contributed by atoms with E-state index in [-0.39, 0.29) is 6.03 Å². The number of nitrogens with one attached hydrogen (secondary N) is 1. The average Bonchev–Trinajstić information content (AvgIpc) is 3.12. The molecular weight excluding hydrogens is 398 g/mol. The number of ether oxygens (including phenoxy) is 2. The second-order valence-electron chi connectivity index (χ2n) is 6.63. The molecule has 1 aromatic heterocycles. The van der Waals surface area contributed by atoms with Crippen molar-refractivity contribution in [2.45, 2.75) is 13.0 Å². The van der Waals surface area contributed by atoms with Crippen LogP contribution in [0.25, 0.3) is 0 Å². The largest absolute Gasteiger partial charge is 0.497 e. The van der Waals surface area contributed by atoms with Gasteiger partial charge in [0.15, 0.2) is 0 Å². The first-order chi connectivity index (χ1) is 13.6. The van der Waals surface area contributed by atoms with Crippen LogP contribution < -0.4 is 14.8 Å². The zero-order valence-corrected chi connectivity index (χ0v) is 17.8. The highest BCUT2D eigenvalue weighted by Crippen LogP contribution is 2.24. The SMILES string of the molecule is COc1ccc(OC)c(CCNC(=O)N2CCN(Cc3ccc(Cl)s3)CC2)c1. The van der Waals surface area contributed by atoms with Gasteiger partial charge >= 0.3 is 6.03 Å². The minimum atomic E-state index is -0.0133. The number of urea groups is 1. The van der Waals surface area contributed by atoms with Crippen molar-refractivity contribution in [3.8, 4) is 11.5 Å². The Balaban J connectivity index is 1.42. The summed E-state index contributed by atoms with van der Waals surface area (Å²) in [5.74, 6) is 1.59. The summed E-state index contributed by atoms with van der Waals surface area (Å²) < 4.78 is 11.5. The number of piperazine rings is 1. The van der Waals surface area contributed by atoms with Crippen LogP contribution >= 0.6 is 22.9 Å². The molecule has 8 heteroatoms. The Labute approximate surface area is 175 Å². The molecule has 0 unspecified atom stereocenters. The number of carbonyl (C=O) groups is 1. The number of methoxy groups -OCH3 is 2. The van der Waals surface area contributed by atoms with Crippen molar-refractivity contribution >= 4 is 29.0 Å². The van der Waals surface area contributed by atoms with Gasteiger partial charge in [0.2, 0.25) is 0 Å². The number of hydrogen-bond acceptors (Lipinski definition) is 5. The van der Waals surface area contributed by atoms with Gasteiger partial charge in [-0.25, -0.2) is 4.79 Å². The Morgan fingerprint density at radius 1 is 1.14 bits per heavy atom. The quantitative estimate of drug-likeness (QED) is 0.740. The van der Waals surface area contributed by atoms with Crippen LogP contribution in [0.1, 0.15) is 10.4 Å². The molecule has 1 N–H and O–H groups in total. The van der Waals surface area contributed by atoms with Crippen molar-refractivity contribution in [1.29, 1.82) is 0 Å². The molecule has 0 spiro atoms. The summed E-state index contributed by atoms with van der Waals surface area (Å²) >= 11 is 7.61. The Morgan fingerprint density at radius 2 is 1.93 bits per heavy atom. The summed E-state index contributed by atoms with van der Waals surface area (Å²) in [7, 11) is 3.29. The molecule has 2 heterocycles. The average molecular weight is 424 g/mol. The van der Waals surface area contributed by atoms with Crippen molar-refractivity contribution in [1.82, 2.24) is 15.1 Å². The normalized spacial score (nSPS) is 14.8. The molecule has 1 aliphatic rings. The van der Waals surface area contributed by atoms with E-state index in [2.05, 4.69) is 16.3 Å². The lowest BCUT2D eigenvalue weighted by atomic mass is 10.1. The van der Waals surface area contributed by atoms with E-state index >= 15 is 0 Å². The van der Waals surface area contributed by atoms with E-state index in [1.165, 1.54) is 4.88 Å². The molecule has 0 aliphatic carbocycles. The minimum absolute atomic E-state index is 0.0133. The molecule has 0 atom stereocenters. The molecule has 2 amide bonds. The molecule has 1 fully saturated rings. The van der Waals surface area contributed by atoms with Gasteiger partial charge in [0, 0.05) is 44.1 Å². The van der Waals surface area contributed by atoms with Gasteiger partial charge in [-0.2, -0.15) is 0 Å². The predicted octanol–water partition coefficient (Wildman–Crippen LogP) is 3.49. The van der Waals surface area contributed by atoms with Crippen LogP contribution in [0.3, 0.4) is 0 Å². The van der Waals surface area contributed by atoms with Gasteiger partial charge in [-0.1, -0.05) is 11.6 Å². The van der Waals surface area contributed by atoms with Crippen LogP contribution in [0.15, 0.2) is 30.3 Å². The maximum absolute atomic E-state index is 12.5. The molecule has 6 nitrogen and oxygen atoms in total. The van der Waals surface area contributed by atoms with Crippen molar-refractivity contribution in [2.75, 3.05) is 46.9 Å². The lowest BCUT2D eigenvalue weighted by molar-refractivity contribution is 0.136. The van der Waals surface area contributed by atoms with E-state index in [1.807, 2.05) is 29.2 Å². The third kappa shape index (κ3) is 5.53. The molecule has 1 saturated heterocycles. The number of hydrogen-bond donors (Lipinski definition) is 1. The number of thiophene rings is 1. The smallest absolute Gasteiger partial charge is 0.317 e. The molecule has 0 bridgehead atoms. The number of halogens is 1. The van der Waals surface area contributed by atoms with Crippen molar-refractivity contribution < 1.29 is 14.3 Å². The number of nitrogens with zero attached hydrogens (tertiary/aromatic N) is 2. The topological polar surface area (TPSA) is 54.0 Å². The summed E-state index contributed by atoms with van der Waals surface area (Å²) in [4.78, 5) is 17.9. The van der Waals surface area contributed by atoms with E-state index in [9.17, 15) is 4.79 Å². The van der Waals surface area contributed by atoms with Crippen LogP contribution in [0.4, 0.5) is 4.79 Å². The zero-order valence-electron chi connectivity index (χ0n) is 16.2. The highest BCUT2D eigenvalue weighted by Gasteiger charge is 2.21. The Morgan fingerprint density at radius 3 is 2.57 bits per heavy atom. The lowest BCUT2D eigenvalue weighted by Gasteiger charge is -2.34. The van der Waals surface area contributed by atoms with E-state index < -0.39 is 0 Å². The van der Waals surface area contributed by atoms with Gasteiger partial charge in [-0.15, -0.1) is 11.3 Å². The lowest BCUT2D eigenvalue weighted by Crippen LogP contribution is -2.51. The second-order valence-corrected chi connectivity index (χ2v) is 8.43. The van der Waals surface area contributed by atoms with Crippen LogP contribution in [0, 0.1) is 0 Å². The predicted molar refractivity (Wildman–Crippen MR) is 113 cm³/mol. The van der Waals surface area contributed by atoms with Gasteiger partial charge in [-0.05, 0) is 42.3 Å². The fourth-order valence-electron chi connectivity index (χ4n) is 3.26. The van der Waals surface area contributed by atoms with Crippen LogP contribution in [-0.4, -0.2) is 62.8 Å². The van der Waals surface area contributed by atoms with Crippen LogP contribution in [0.5, 0.6) is 11.5 Å². The molecular formula is C20H26ClN3O3S. The van der Waals surface area contributed by atoms with Crippen molar-refractivity contribution in [2.24, 2.45) is 0 Å². The summed E-state index contributed by atoms with van der Waals surface area (Å²) in [5.41, 5.74) is 1.02. The molecule has 152 valence electrons. The Bertz CT molecular complexity index is 791. The van der Waals surface area contributed by atoms with Gasteiger partial charge in [0.25, 0.3) is 0 Å². The second kappa shape index (κ2) is 10.0. The zero-order chi connectivity index (χ0) is 19.9. The highest BCUT2D eigenvalue weighted by molar-refractivity contribution is 7.16. The Hall–Kier alpha value is -1.96. The minimum Gasteiger partial charge on any atom is -0.497 e. The molecule has 28 heavy (non-hydrogen) atoms. The first-order valence-corrected chi connectivity index (χ1v) is 10.5. The van der Waals surface area contributed by atoms with Gasteiger partial charge < -0.3 is 19.7 Å². The van der Waals surface area contributed by atoms with E-state index in [1.54, 1.807) is 25.6 Å². The molecule has 0 radical (unpaired) electrons. The van der Waals surface area contributed by atoms with Gasteiger partial charge in [0.05, 0.1) is 18.6 Å². The summed E-state index contributed by atoms with van der Waals surface area (Å²) in [6.07, 6.45) is 0.686. The molecule has 3 rings (SSSR count). The number of amides is 2. The molecule has 2 aromatic rings. The van der Waals surface area contributed by atoms with E-state index in [0.29, 0.717) is 13.0 Å². The fraction of sp³-hybridized carbons (Fsp3) is 0.450. The summed E-state index contributed by atoms with van der Waals surface area (Å²) in [6.45, 7) is 4.64. The van der Waals surface area contributed by atoms with E-state index in [4.69, 9.17) is 21.1 Å². The standard InChI is InChI=1S/C20H26ClN3O3S/c1-26-16-3-5-18(27-2)15(13-16)7-8-22-20(25)24-11-9-23(10-12-24)14-17-4-6-19(21)28-17/h3-6,13H,7-12,14H2,1-2H3,(H,22,25). The van der Waals surface area contributed by atoms with Crippen LogP contribution in [0.2, 0.25) is 4.34 Å². The first kappa shape index (κ1) is 20.8. The Kier molecular flexibility index (Phi) is 7.42. The van der Waals surface area contributed by atoms with Crippen molar-refractivity contribution in [3.63, 3.8) is 0 Å². The molecule has 1 aromatic carbocycles. The van der Waals surface area contributed by atoms with Gasteiger partial charge in [-0.3, -0.25) is 4.90 Å². The molecule has 0 saturated carbocycles. The van der Waals surface area contributed by atoms with Gasteiger partial charge in [0.1, 0.15) is 11.5 Å². The molecule has 1 aliphatic heterocycles. The highest BCUT2D eigenvalue weighted by atomic mass is 35.5.